The van der Waals surface area contributed by atoms with Crippen molar-refractivity contribution < 1.29 is 39.3 Å². The zero-order chi connectivity index (χ0) is 29.5. The Labute approximate surface area is 225 Å². The molecule has 0 fully saturated rings. The molecule has 0 heterocycles. The number of nitrogens with one attached hydrogen (secondary N) is 3. The van der Waals surface area contributed by atoms with Crippen molar-refractivity contribution in [3.63, 3.8) is 0 Å². The highest BCUT2D eigenvalue weighted by Gasteiger charge is 2.32. The summed E-state index contributed by atoms with van der Waals surface area (Å²) in [5.74, 6) is -5.41. The number of rotatable bonds is 17. The van der Waals surface area contributed by atoms with Crippen LogP contribution >= 0.6 is 0 Å². The second kappa shape index (κ2) is 16.6. The molecule has 0 aliphatic heterocycles. The Hall–Kier alpha value is -4.24. The SMILES string of the molecule is CC(O)C(NC(=O)C(N)CCCN=C(N)N)C(=O)NC(CCC(=O)O)C(=O)NC(Cc1ccccc1)C(=O)O. The predicted octanol–water partition coefficient (Wildman–Crippen LogP) is -2.61. The van der Waals surface area contributed by atoms with Gasteiger partial charge in [0, 0.05) is 19.4 Å². The maximum absolute atomic E-state index is 12.9. The third kappa shape index (κ3) is 12.7. The summed E-state index contributed by atoms with van der Waals surface area (Å²) in [6, 6.07) is 3.05. The highest BCUT2D eigenvalue weighted by atomic mass is 16.4. The molecule has 216 valence electrons. The van der Waals surface area contributed by atoms with Crippen LogP contribution in [0.15, 0.2) is 35.3 Å². The number of aliphatic carboxylic acids is 2. The smallest absolute Gasteiger partial charge is 0.326 e. The fourth-order valence-electron chi connectivity index (χ4n) is 3.44. The highest BCUT2D eigenvalue weighted by Crippen LogP contribution is 2.07. The zero-order valence-corrected chi connectivity index (χ0v) is 21.6. The van der Waals surface area contributed by atoms with Gasteiger partial charge in [-0.3, -0.25) is 24.2 Å². The molecule has 39 heavy (non-hydrogen) atoms. The summed E-state index contributed by atoms with van der Waals surface area (Å²) < 4.78 is 0. The molecule has 0 aromatic heterocycles. The minimum Gasteiger partial charge on any atom is -0.481 e. The summed E-state index contributed by atoms with van der Waals surface area (Å²) >= 11 is 0. The monoisotopic (exact) mass is 551 g/mol. The van der Waals surface area contributed by atoms with Gasteiger partial charge in [-0.05, 0) is 31.7 Å². The van der Waals surface area contributed by atoms with E-state index >= 15 is 0 Å². The summed E-state index contributed by atoms with van der Waals surface area (Å²) in [5, 5.41) is 35.7. The van der Waals surface area contributed by atoms with Crippen LogP contribution in [0.25, 0.3) is 0 Å². The second-order valence-electron chi connectivity index (χ2n) is 8.86. The molecule has 5 unspecified atom stereocenters. The van der Waals surface area contributed by atoms with Gasteiger partial charge in [0.1, 0.15) is 18.1 Å². The molecule has 0 aliphatic carbocycles. The number of hydrogen-bond acceptors (Lipinski definition) is 8. The van der Waals surface area contributed by atoms with Crippen molar-refractivity contribution in [3.8, 4) is 0 Å². The zero-order valence-electron chi connectivity index (χ0n) is 21.6. The molecule has 15 heteroatoms. The lowest BCUT2D eigenvalue weighted by atomic mass is 10.0. The lowest BCUT2D eigenvalue weighted by Crippen LogP contribution is -2.59. The van der Waals surface area contributed by atoms with E-state index in [1.165, 1.54) is 6.92 Å². The van der Waals surface area contributed by atoms with Gasteiger partial charge in [-0.1, -0.05) is 30.3 Å². The molecular formula is C24H37N7O8. The molecule has 0 spiro atoms. The lowest BCUT2D eigenvalue weighted by molar-refractivity contribution is -0.143. The maximum Gasteiger partial charge on any atom is 0.326 e. The van der Waals surface area contributed by atoms with Gasteiger partial charge in [-0.2, -0.15) is 0 Å². The number of carboxylic acid groups (broad SMARTS) is 2. The highest BCUT2D eigenvalue weighted by molar-refractivity contribution is 5.94. The Bertz CT molecular complexity index is 1010. The van der Waals surface area contributed by atoms with Crippen LogP contribution < -0.4 is 33.2 Å². The standard InChI is InChI=1S/C24H37N7O8/c1-13(32)19(31-20(35)15(25)8-5-11-28-24(26)27)22(37)29-16(9-10-18(33)34)21(36)30-17(23(38)39)12-14-6-3-2-4-7-14/h2-4,6-7,13,15-17,19,32H,5,8-12,25H2,1H3,(H,29,37)(H,30,36)(H,31,35)(H,33,34)(H,38,39)(H4,26,27,28). The van der Waals surface area contributed by atoms with E-state index in [2.05, 4.69) is 20.9 Å². The molecule has 1 aromatic rings. The average Bonchev–Trinajstić information content (AvgIpc) is 2.86. The number of nitrogens with zero attached hydrogens (tertiary/aromatic N) is 1. The van der Waals surface area contributed by atoms with E-state index in [0.717, 1.165) is 0 Å². The fourth-order valence-corrected chi connectivity index (χ4v) is 3.44. The summed E-state index contributed by atoms with van der Waals surface area (Å²) in [7, 11) is 0. The fraction of sp³-hybridized carbons (Fsp3) is 0.500. The topological polar surface area (TPSA) is 273 Å². The molecule has 3 amide bonds. The predicted molar refractivity (Wildman–Crippen MR) is 140 cm³/mol. The van der Waals surface area contributed by atoms with Gasteiger partial charge in [0.25, 0.3) is 0 Å². The van der Waals surface area contributed by atoms with Gasteiger partial charge >= 0.3 is 11.9 Å². The van der Waals surface area contributed by atoms with E-state index in [9.17, 15) is 34.2 Å². The van der Waals surface area contributed by atoms with Crippen LogP contribution in [0, 0.1) is 0 Å². The summed E-state index contributed by atoms with van der Waals surface area (Å²) in [6.45, 7) is 1.45. The van der Waals surface area contributed by atoms with Gasteiger partial charge in [-0.25, -0.2) is 4.79 Å². The Kier molecular flexibility index (Phi) is 13.9. The number of aliphatic hydroxyl groups excluding tert-OH is 1. The first-order valence-corrected chi connectivity index (χ1v) is 12.2. The number of carbonyl (C=O) groups is 5. The molecule has 15 nitrogen and oxygen atoms in total. The molecule has 0 saturated heterocycles. The number of hydrogen-bond donors (Lipinski definition) is 9. The van der Waals surface area contributed by atoms with E-state index in [-0.39, 0.29) is 31.8 Å². The van der Waals surface area contributed by atoms with Crippen LogP contribution in [-0.2, 0) is 30.4 Å². The van der Waals surface area contributed by atoms with E-state index in [0.29, 0.717) is 12.0 Å². The maximum atomic E-state index is 12.9. The van der Waals surface area contributed by atoms with E-state index < -0.39 is 66.4 Å². The van der Waals surface area contributed by atoms with Crippen molar-refractivity contribution in [2.24, 2.45) is 22.2 Å². The lowest BCUT2D eigenvalue weighted by Gasteiger charge is -2.26. The average molecular weight is 552 g/mol. The first kappa shape index (κ1) is 32.8. The van der Waals surface area contributed by atoms with Gasteiger partial charge in [-0.15, -0.1) is 0 Å². The Balaban J connectivity index is 2.93. The first-order valence-electron chi connectivity index (χ1n) is 12.2. The van der Waals surface area contributed by atoms with Crippen LogP contribution in [-0.4, -0.2) is 87.8 Å². The number of carbonyl (C=O) groups excluding carboxylic acids is 3. The number of guanidine groups is 1. The van der Waals surface area contributed by atoms with E-state index in [4.69, 9.17) is 22.3 Å². The van der Waals surface area contributed by atoms with Crippen LogP contribution in [0.2, 0.25) is 0 Å². The largest absolute Gasteiger partial charge is 0.481 e. The number of carboxylic acids is 2. The molecule has 0 aliphatic rings. The minimum absolute atomic E-state index is 0.0606. The van der Waals surface area contributed by atoms with Crippen molar-refractivity contribution in [2.75, 3.05) is 6.54 Å². The molecule has 5 atom stereocenters. The van der Waals surface area contributed by atoms with Gasteiger partial charge < -0.3 is 48.5 Å². The number of aliphatic imine (C=N–C) groups is 1. The Morgan fingerprint density at radius 3 is 2.05 bits per heavy atom. The Morgan fingerprint density at radius 2 is 1.51 bits per heavy atom. The van der Waals surface area contributed by atoms with Crippen LogP contribution in [0.1, 0.15) is 38.2 Å². The van der Waals surface area contributed by atoms with Crippen molar-refractivity contribution >= 4 is 35.6 Å². The van der Waals surface area contributed by atoms with Crippen molar-refractivity contribution in [1.82, 2.24) is 16.0 Å². The normalized spacial score (nSPS) is 14.5. The van der Waals surface area contributed by atoms with E-state index in [1.807, 2.05) is 0 Å². The third-order valence-electron chi connectivity index (χ3n) is 5.54. The molecule has 12 N–H and O–H groups in total. The van der Waals surface area contributed by atoms with Gasteiger partial charge in [0.15, 0.2) is 5.96 Å². The molecule has 1 rings (SSSR count). The van der Waals surface area contributed by atoms with Gasteiger partial charge in [0.2, 0.25) is 17.7 Å². The molecule has 1 aromatic carbocycles. The number of benzene rings is 1. The molecular weight excluding hydrogens is 514 g/mol. The van der Waals surface area contributed by atoms with Gasteiger partial charge in [0.05, 0.1) is 12.1 Å². The minimum atomic E-state index is -1.54. The van der Waals surface area contributed by atoms with Crippen molar-refractivity contribution in [3.05, 3.63) is 35.9 Å². The quantitative estimate of drug-likeness (QED) is 0.0549. The summed E-state index contributed by atoms with van der Waals surface area (Å²) in [5.41, 5.74) is 16.9. The summed E-state index contributed by atoms with van der Waals surface area (Å²) in [4.78, 5) is 65.0. The Morgan fingerprint density at radius 1 is 0.897 bits per heavy atom. The second-order valence-corrected chi connectivity index (χ2v) is 8.86. The first-order chi connectivity index (χ1) is 18.3. The van der Waals surface area contributed by atoms with Crippen molar-refractivity contribution in [2.45, 2.75) is 69.3 Å². The summed E-state index contributed by atoms with van der Waals surface area (Å²) in [6.07, 6.45) is -1.86. The molecule has 0 bridgehead atoms. The van der Waals surface area contributed by atoms with E-state index in [1.54, 1.807) is 30.3 Å². The van der Waals surface area contributed by atoms with Crippen LogP contribution in [0.5, 0.6) is 0 Å². The molecule has 0 saturated carbocycles. The number of nitrogens with two attached hydrogens (primary N) is 3. The van der Waals surface area contributed by atoms with Crippen LogP contribution in [0.4, 0.5) is 0 Å². The molecule has 0 radical (unpaired) electrons. The van der Waals surface area contributed by atoms with Crippen molar-refractivity contribution in [1.29, 1.82) is 0 Å². The van der Waals surface area contributed by atoms with Crippen LogP contribution in [0.3, 0.4) is 0 Å². The third-order valence-corrected chi connectivity index (χ3v) is 5.54. The number of aliphatic hydroxyl groups is 1. The number of amides is 3.